The molecule has 0 aliphatic carbocycles. The molecule has 0 heterocycles. The van der Waals surface area contributed by atoms with E-state index in [4.69, 9.17) is 0 Å². The van der Waals surface area contributed by atoms with Crippen LogP contribution in [0.4, 0.5) is 0 Å². The van der Waals surface area contributed by atoms with E-state index in [1.54, 1.807) is 0 Å². The monoisotopic (exact) mass is 515 g/mol. The van der Waals surface area contributed by atoms with Crippen molar-refractivity contribution in [1.29, 1.82) is 0 Å². The van der Waals surface area contributed by atoms with Gasteiger partial charge < -0.3 is 0 Å². The SMILES string of the molecule is [Rh].c1ccc(P(CCCP(c2ccccc2)c2ccccc2)c2ccccc2)cc1. The minimum absolute atomic E-state index is 0. The largest absolute Gasteiger partial charge is 0.0622 e. The molecule has 4 rings (SSSR count). The van der Waals surface area contributed by atoms with Crippen molar-refractivity contribution in [3.05, 3.63) is 121 Å². The maximum absolute atomic E-state index is 2.30. The van der Waals surface area contributed by atoms with Gasteiger partial charge in [0, 0.05) is 19.5 Å². The number of rotatable bonds is 8. The molecule has 0 N–H and O–H groups in total. The number of hydrogen-bond acceptors (Lipinski definition) is 0. The summed E-state index contributed by atoms with van der Waals surface area (Å²) in [6.45, 7) is 0. The molecule has 0 nitrogen and oxygen atoms in total. The van der Waals surface area contributed by atoms with E-state index in [-0.39, 0.29) is 35.3 Å². The molecule has 4 aromatic carbocycles. The van der Waals surface area contributed by atoms with Crippen molar-refractivity contribution in [3.63, 3.8) is 0 Å². The average Bonchev–Trinajstić information content (AvgIpc) is 2.81. The second-order valence-corrected chi connectivity index (χ2v) is 11.7. The third-order valence-electron chi connectivity index (χ3n) is 5.03. The molecule has 0 saturated carbocycles. The summed E-state index contributed by atoms with van der Waals surface area (Å²) in [7, 11) is -0.618. The molecule has 0 atom stereocenters. The van der Waals surface area contributed by atoms with Gasteiger partial charge in [-0.05, 0) is 55.8 Å². The van der Waals surface area contributed by atoms with Crippen LogP contribution in [0.3, 0.4) is 0 Å². The van der Waals surface area contributed by atoms with E-state index in [1.807, 2.05) is 0 Å². The van der Waals surface area contributed by atoms with Crippen LogP contribution in [0.5, 0.6) is 0 Å². The van der Waals surface area contributed by atoms with Crippen LogP contribution < -0.4 is 21.2 Å². The van der Waals surface area contributed by atoms with Gasteiger partial charge >= 0.3 is 0 Å². The Balaban J connectivity index is 0.00000256. The Labute approximate surface area is 196 Å². The predicted molar refractivity (Wildman–Crippen MR) is 132 cm³/mol. The Kier molecular flexibility index (Phi) is 9.42. The van der Waals surface area contributed by atoms with Gasteiger partial charge in [-0.1, -0.05) is 121 Å². The van der Waals surface area contributed by atoms with E-state index < -0.39 is 0 Å². The van der Waals surface area contributed by atoms with Crippen LogP contribution in [0.15, 0.2) is 121 Å². The summed E-state index contributed by atoms with van der Waals surface area (Å²) in [6.07, 6.45) is 3.72. The van der Waals surface area contributed by atoms with Crippen LogP contribution in [0, 0.1) is 0 Å². The van der Waals surface area contributed by atoms with Crippen molar-refractivity contribution >= 4 is 37.1 Å². The zero-order chi connectivity index (χ0) is 19.7. The van der Waals surface area contributed by atoms with Crippen molar-refractivity contribution in [2.75, 3.05) is 12.3 Å². The molecule has 0 unspecified atom stereocenters. The Morgan fingerprint density at radius 2 is 0.600 bits per heavy atom. The molecule has 0 aliphatic heterocycles. The van der Waals surface area contributed by atoms with Gasteiger partial charge in [0.2, 0.25) is 0 Å². The first-order valence-electron chi connectivity index (χ1n) is 10.2. The molecule has 0 spiro atoms. The van der Waals surface area contributed by atoms with Gasteiger partial charge in [-0.2, -0.15) is 0 Å². The summed E-state index contributed by atoms with van der Waals surface area (Å²) in [5, 5.41) is 5.94. The molecular formula is C27H26P2Rh. The summed E-state index contributed by atoms with van der Waals surface area (Å²) in [6, 6.07) is 44.3. The second kappa shape index (κ2) is 12.3. The van der Waals surface area contributed by atoms with Gasteiger partial charge in [0.05, 0.1) is 0 Å². The van der Waals surface area contributed by atoms with Crippen LogP contribution in [0.25, 0.3) is 0 Å². The molecule has 3 heteroatoms. The summed E-state index contributed by atoms with van der Waals surface area (Å²) < 4.78 is 0. The Morgan fingerprint density at radius 3 is 0.833 bits per heavy atom. The summed E-state index contributed by atoms with van der Waals surface area (Å²) >= 11 is 0. The van der Waals surface area contributed by atoms with Gasteiger partial charge in [-0.25, -0.2) is 0 Å². The Morgan fingerprint density at radius 1 is 0.367 bits per heavy atom. The van der Waals surface area contributed by atoms with Gasteiger partial charge in [0.15, 0.2) is 0 Å². The van der Waals surface area contributed by atoms with E-state index in [9.17, 15) is 0 Å². The van der Waals surface area contributed by atoms with Gasteiger partial charge in [0.1, 0.15) is 0 Å². The molecule has 153 valence electrons. The van der Waals surface area contributed by atoms with Gasteiger partial charge in [0.25, 0.3) is 0 Å². The van der Waals surface area contributed by atoms with Crippen LogP contribution >= 0.6 is 15.8 Å². The van der Waals surface area contributed by atoms with E-state index in [0.29, 0.717) is 0 Å². The van der Waals surface area contributed by atoms with Crippen molar-refractivity contribution in [2.24, 2.45) is 0 Å². The first-order chi connectivity index (χ1) is 14.4. The fraction of sp³-hybridized carbons (Fsp3) is 0.111. The molecule has 4 aromatic rings. The third kappa shape index (κ3) is 6.19. The van der Waals surface area contributed by atoms with E-state index in [2.05, 4.69) is 121 Å². The van der Waals surface area contributed by atoms with Crippen LogP contribution in [-0.2, 0) is 19.5 Å². The number of hydrogen-bond donors (Lipinski definition) is 0. The fourth-order valence-corrected chi connectivity index (χ4v) is 8.59. The molecule has 0 bridgehead atoms. The van der Waals surface area contributed by atoms with Gasteiger partial charge in [-0.15, -0.1) is 0 Å². The first-order valence-corrected chi connectivity index (χ1v) is 13.2. The van der Waals surface area contributed by atoms with E-state index in [1.165, 1.54) is 40.0 Å². The minimum atomic E-state index is -0.309. The zero-order valence-corrected chi connectivity index (χ0v) is 20.3. The minimum Gasteiger partial charge on any atom is -0.0622 e. The van der Waals surface area contributed by atoms with E-state index >= 15 is 0 Å². The smallest absolute Gasteiger partial charge is 0 e. The molecule has 0 aromatic heterocycles. The summed E-state index contributed by atoms with van der Waals surface area (Å²) in [5.41, 5.74) is 0. The molecular weight excluding hydrogens is 489 g/mol. The topological polar surface area (TPSA) is 0 Å². The standard InChI is InChI=1S/C27H26P2.Rh/c1-5-14-24(15-6-1)28(25-16-7-2-8-17-25)22-13-23-29(26-18-9-3-10-19-26)27-20-11-4-12-21-27;/h1-12,14-21H,13,22-23H2;. The maximum Gasteiger partial charge on any atom is 0 e. The molecule has 0 aliphatic rings. The van der Waals surface area contributed by atoms with E-state index in [0.717, 1.165) is 0 Å². The molecule has 0 saturated heterocycles. The Bertz CT molecular complexity index is 814. The van der Waals surface area contributed by atoms with Crippen molar-refractivity contribution in [2.45, 2.75) is 6.42 Å². The van der Waals surface area contributed by atoms with Crippen LogP contribution in [-0.4, -0.2) is 12.3 Å². The Hall–Kier alpha value is -1.64. The quantitative estimate of drug-likeness (QED) is 0.211. The first kappa shape index (κ1) is 23.0. The van der Waals surface area contributed by atoms with Crippen molar-refractivity contribution in [1.82, 2.24) is 0 Å². The summed E-state index contributed by atoms with van der Waals surface area (Å²) in [5.74, 6) is 0. The second-order valence-electron chi connectivity index (χ2n) is 7.00. The van der Waals surface area contributed by atoms with Crippen LogP contribution in [0.2, 0.25) is 0 Å². The van der Waals surface area contributed by atoms with Crippen LogP contribution in [0.1, 0.15) is 6.42 Å². The normalized spacial score (nSPS) is 10.7. The summed E-state index contributed by atoms with van der Waals surface area (Å²) in [4.78, 5) is 0. The average molecular weight is 515 g/mol. The fourth-order valence-electron chi connectivity index (χ4n) is 3.63. The van der Waals surface area contributed by atoms with Crippen molar-refractivity contribution in [3.8, 4) is 0 Å². The number of benzene rings is 4. The predicted octanol–water partition coefficient (Wildman–Crippen LogP) is 5.64. The molecule has 0 fully saturated rings. The molecule has 30 heavy (non-hydrogen) atoms. The molecule has 0 amide bonds. The third-order valence-corrected chi connectivity index (χ3v) is 10.2. The van der Waals surface area contributed by atoms with Crippen molar-refractivity contribution < 1.29 is 19.5 Å². The zero-order valence-electron chi connectivity index (χ0n) is 16.9. The molecule has 1 radical (unpaired) electrons. The maximum atomic E-state index is 2.30. The van der Waals surface area contributed by atoms with Gasteiger partial charge in [-0.3, -0.25) is 0 Å².